The molecule has 2 N–H and O–H groups in total. The molecule has 1 aliphatic heterocycles. The van der Waals surface area contributed by atoms with E-state index in [2.05, 4.69) is 10.6 Å². The van der Waals surface area contributed by atoms with Gasteiger partial charge in [0.2, 0.25) is 5.91 Å². The highest BCUT2D eigenvalue weighted by Gasteiger charge is 2.28. The lowest BCUT2D eigenvalue weighted by Crippen LogP contribution is -2.49. The van der Waals surface area contributed by atoms with Crippen LogP contribution in [0.15, 0.2) is 22.8 Å². The molecule has 2 heterocycles. The lowest BCUT2D eigenvalue weighted by Gasteiger charge is -2.31. The summed E-state index contributed by atoms with van der Waals surface area (Å²) in [5, 5.41) is 6.04. The molecular formula is C11H16N2O2. The first kappa shape index (κ1) is 10.2. The van der Waals surface area contributed by atoms with Crippen LogP contribution in [0.25, 0.3) is 0 Å². The topological polar surface area (TPSA) is 54.3 Å². The highest BCUT2D eigenvalue weighted by Crippen LogP contribution is 2.15. The zero-order valence-corrected chi connectivity index (χ0v) is 8.82. The van der Waals surface area contributed by atoms with E-state index in [1.807, 2.05) is 19.1 Å². The third kappa shape index (κ3) is 2.39. The van der Waals surface area contributed by atoms with Gasteiger partial charge in [-0.15, -0.1) is 0 Å². The molecule has 1 aromatic heterocycles. The normalized spacial score (nSPS) is 18.2. The second-order valence-electron chi connectivity index (χ2n) is 4.00. The fraction of sp³-hybridized carbons (Fsp3) is 0.545. The largest absolute Gasteiger partial charge is 0.467 e. The quantitative estimate of drug-likeness (QED) is 0.767. The average Bonchev–Trinajstić information content (AvgIpc) is 2.63. The minimum atomic E-state index is 0.0845. The first-order valence-corrected chi connectivity index (χ1v) is 5.28. The Balaban J connectivity index is 1.76. The fourth-order valence-electron chi connectivity index (χ4n) is 1.63. The van der Waals surface area contributed by atoms with Crippen molar-refractivity contribution in [2.24, 2.45) is 11.8 Å². The Bertz CT molecular complexity index is 317. The van der Waals surface area contributed by atoms with Gasteiger partial charge >= 0.3 is 0 Å². The van der Waals surface area contributed by atoms with E-state index in [1.165, 1.54) is 0 Å². The minimum Gasteiger partial charge on any atom is -0.467 e. The van der Waals surface area contributed by atoms with E-state index in [0.717, 1.165) is 18.8 Å². The van der Waals surface area contributed by atoms with Crippen molar-refractivity contribution < 1.29 is 9.21 Å². The van der Waals surface area contributed by atoms with Gasteiger partial charge in [-0.05, 0) is 31.1 Å². The van der Waals surface area contributed by atoms with E-state index >= 15 is 0 Å². The van der Waals surface area contributed by atoms with Crippen LogP contribution < -0.4 is 10.6 Å². The van der Waals surface area contributed by atoms with Gasteiger partial charge in [0.25, 0.3) is 0 Å². The minimum absolute atomic E-state index is 0.0845. The molecule has 0 aliphatic carbocycles. The van der Waals surface area contributed by atoms with Gasteiger partial charge in [0.1, 0.15) is 5.76 Å². The van der Waals surface area contributed by atoms with Crippen molar-refractivity contribution in [3.05, 3.63) is 24.2 Å². The van der Waals surface area contributed by atoms with E-state index in [4.69, 9.17) is 4.42 Å². The maximum Gasteiger partial charge on any atom is 0.223 e. The molecule has 1 atom stereocenters. The summed E-state index contributed by atoms with van der Waals surface area (Å²) in [5.41, 5.74) is 0. The van der Waals surface area contributed by atoms with Crippen LogP contribution in [-0.2, 0) is 11.3 Å². The third-order valence-corrected chi connectivity index (χ3v) is 2.95. The first-order chi connectivity index (χ1) is 7.27. The molecule has 1 amide bonds. The van der Waals surface area contributed by atoms with E-state index in [-0.39, 0.29) is 11.8 Å². The molecule has 0 saturated carbocycles. The third-order valence-electron chi connectivity index (χ3n) is 2.95. The summed E-state index contributed by atoms with van der Waals surface area (Å²) < 4.78 is 5.14. The molecule has 1 aromatic rings. The Kier molecular flexibility index (Phi) is 3.06. The average molecular weight is 208 g/mol. The second kappa shape index (κ2) is 4.49. The number of hydrogen-bond donors (Lipinski definition) is 2. The molecule has 4 heteroatoms. The number of rotatable bonds is 4. The number of carbonyl (C=O) groups is 1. The van der Waals surface area contributed by atoms with Crippen molar-refractivity contribution in [1.29, 1.82) is 0 Å². The Morgan fingerprint density at radius 3 is 3.07 bits per heavy atom. The summed E-state index contributed by atoms with van der Waals surface area (Å²) in [6, 6.07) is 3.68. The zero-order valence-electron chi connectivity index (χ0n) is 8.82. The van der Waals surface area contributed by atoms with Gasteiger partial charge in [-0.3, -0.25) is 4.79 Å². The Morgan fingerprint density at radius 2 is 2.53 bits per heavy atom. The van der Waals surface area contributed by atoms with Gasteiger partial charge in [-0.1, -0.05) is 6.92 Å². The van der Waals surface area contributed by atoms with Gasteiger partial charge in [0, 0.05) is 5.92 Å². The summed E-state index contributed by atoms with van der Waals surface area (Å²) in [7, 11) is 0. The Hall–Kier alpha value is -1.29. The van der Waals surface area contributed by atoms with E-state index in [1.54, 1.807) is 6.26 Å². The standard InChI is InChI=1S/C11H16N2O2/c1-8(9-5-12-6-9)11(14)13-7-10-3-2-4-15-10/h2-4,8-9,12H,5-7H2,1H3,(H,13,14). The number of furan rings is 1. The van der Waals surface area contributed by atoms with Crippen LogP contribution in [0.4, 0.5) is 0 Å². The predicted molar refractivity (Wildman–Crippen MR) is 56.1 cm³/mol. The monoisotopic (exact) mass is 208 g/mol. The molecule has 1 unspecified atom stereocenters. The lowest BCUT2D eigenvalue weighted by molar-refractivity contribution is -0.126. The summed E-state index contributed by atoms with van der Waals surface area (Å²) >= 11 is 0. The number of hydrogen-bond acceptors (Lipinski definition) is 3. The number of nitrogens with one attached hydrogen (secondary N) is 2. The van der Waals surface area contributed by atoms with Gasteiger partial charge in [-0.25, -0.2) is 0 Å². The molecule has 4 nitrogen and oxygen atoms in total. The molecule has 82 valence electrons. The lowest BCUT2D eigenvalue weighted by atomic mass is 9.88. The molecule has 0 bridgehead atoms. The Labute approximate surface area is 89.0 Å². The van der Waals surface area contributed by atoms with Crippen LogP contribution in [0.1, 0.15) is 12.7 Å². The van der Waals surface area contributed by atoms with Gasteiger partial charge in [0.15, 0.2) is 0 Å². The van der Waals surface area contributed by atoms with Gasteiger partial charge in [0.05, 0.1) is 12.8 Å². The molecule has 0 radical (unpaired) electrons. The summed E-state index contributed by atoms with van der Waals surface area (Å²) in [6.07, 6.45) is 1.61. The van der Waals surface area contributed by atoms with Crippen LogP contribution >= 0.6 is 0 Å². The van der Waals surface area contributed by atoms with E-state index in [0.29, 0.717) is 12.5 Å². The van der Waals surface area contributed by atoms with Crippen LogP contribution in [0.2, 0.25) is 0 Å². The van der Waals surface area contributed by atoms with Crippen LogP contribution in [0.5, 0.6) is 0 Å². The fourth-order valence-corrected chi connectivity index (χ4v) is 1.63. The van der Waals surface area contributed by atoms with Crippen molar-refractivity contribution >= 4 is 5.91 Å². The number of amides is 1. The van der Waals surface area contributed by atoms with E-state index < -0.39 is 0 Å². The molecule has 1 aliphatic rings. The smallest absolute Gasteiger partial charge is 0.223 e. The molecule has 0 spiro atoms. The van der Waals surface area contributed by atoms with E-state index in [9.17, 15) is 4.79 Å². The molecule has 0 aromatic carbocycles. The Morgan fingerprint density at radius 1 is 1.73 bits per heavy atom. The predicted octanol–water partition coefficient (Wildman–Crippen LogP) is 0.751. The molecule has 1 saturated heterocycles. The molecular weight excluding hydrogens is 192 g/mol. The van der Waals surface area contributed by atoms with Crippen LogP contribution in [0.3, 0.4) is 0 Å². The number of carbonyl (C=O) groups excluding carboxylic acids is 1. The van der Waals surface area contributed by atoms with Crippen molar-refractivity contribution in [3.8, 4) is 0 Å². The van der Waals surface area contributed by atoms with Crippen LogP contribution in [0, 0.1) is 11.8 Å². The molecule has 2 rings (SSSR count). The SMILES string of the molecule is CC(C(=O)NCc1ccco1)C1CNC1. The van der Waals surface area contributed by atoms with Crippen molar-refractivity contribution in [1.82, 2.24) is 10.6 Å². The highest BCUT2D eigenvalue weighted by atomic mass is 16.3. The van der Waals surface area contributed by atoms with Gasteiger partial charge in [-0.2, -0.15) is 0 Å². The van der Waals surface area contributed by atoms with Crippen molar-refractivity contribution in [2.75, 3.05) is 13.1 Å². The van der Waals surface area contributed by atoms with Crippen LogP contribution in [-0.4, -0.2) is 19.0 Å². The zero-order chi connectivity index (χ0) is 10.7. The molecule has 1 fully saturated rings. The summed E-state index contributed by atoms with van der Waals surface area (Å²) in [6.45, 7) is 4.37. The second-order valence-corrected chi connectivity index (χ2v) is 4.00. The highest BCUT2D eigenvalue weighted by molar-refractivity contribution is 5.78. The summed E-state index contributed by atoms with van der Waals surface area (Å²) in [5.74, 6) is 1.47. The van der Waals surface area contributed by atoms with Crippen molar-refractivity contribution in [3.63, 3.8) is 0 Å². The molecule has 15 heavy (non-hydrogen) atoms. The maximum absolute atomic E-state index is 11.7. The maximum atomic E-state index is 11.7. The summed E-state index contributed by atoms with van der Waals surface area (Å²) in [4.78, 5) is 11.7. The first-order valence-electron chi connectivity index (χ1n) is 5.28. The van der Waals surface area contributed by atoms with Gasteiger partial charge < -0.3 is 15.1 Å². The van der Waals surface area contributed by atoms with Crippen molar-refractivity contribution in [2.45, 2.75) is 13.5 Å².